The average molecular weight is 222 g/mol. The van der Waals surface area contributed by atoms with Crippen molar-refractivity contribution < 1.29 is 0 Å². The summed E-state index contributed by atoms with van der Waals surface area (Å²) in [4.78, 5) is 8.03. The van der Waals surface area contributed by atoms with Crippen LogP contribution in [0.15, 0.2) is 30.5 Å². The van der Waals surface area contributed by atoms with Gasteiger partial charge in [0, 0.05) is 28.2 Å². The smallest absolute Gasteiger partial charge is 0.0709 e. The Morgan fingerprint density at radius 2 is 2.00 bits per heavy atom. The van der Waals surface area contributed by atoms with Gasteiger partial charge in [-0.05, 0) is 49.4 Å². The standard InChI is InChI=1S/C15H14N2/c1-2-6-13-11(4-1)15-10-5-3-9-16-12(10)7-8-14(15)17-13/h3,5,7-9,17H,1-2,4,6H2. The summed E-state index contributed by atoms with van der Waals surface area (Å²) in [5.74, 6) is 0. The molecule has 1 aromatic carbocycles. The molecule has 1 aliphatic rings. The van der Waals surface area contributed by atoms with Gasteiger partial charge in [0.1, 0.15) is 0 Å². The Balaban J connectivity index is 2.20. The Hall–Kier alpha value is -1.83. The molecule has 0 bridgehead atoms. The summed E-state index contributed by atoms with van der Waals surface area (Å²) in [6, 6.07) is 8.50. The summed E-state index contributed by atoms with van der Waals surface area (Å²) in [5, 5.41) is 2.70. The molecule has 17 heavy (non-hydrogen) atoms. The number of aromatic nitrogens is 2. The molecule has 2 aromatic heterocycles. The molecule has 2 heteroatoms. The topological polar surface area (TPSA) is 28.7 Å². The summed E-state index contributed by atoms with van der Waals surface area (Å²) in [7, 11) is 0. The molecular formula is C15H14N2. The van der Waals surface area contributed by atoms with Crippen molar-refractivity contribution in [1.82, 2.24) is 9.97 Å². The van der Waals surface area contributed by atoms with Crippen molar-refractivity contribution in [2.75, 3.05) is 0 Å². The van der Waals surface area contributed by atoms with Gasteiger partial charge in [-0.3, -0.25) is 4.98 Å². The number of H-pyrrole nitrogens is 1. The molecule has 0 unspecified atom stereocenters. The number of hydrogen-bond donors (Lipinski definition) is 1. The van der Waals surface area contributed by atoms with Crippen LogP contribution in [-0.4, -0.2) is 9.97 Å². The van der Waals surface area contributed by atoms with Gasteiger partial charge >= 0.3 is 0 Å². The number of fused-ring (bicyclic) bond motifs is 5. The molecule has 84 valence electrons. The van der Waals surface area contributed by atoms with E-state index in [-0.39, 0.29) is 0 Å². The van der Waals surface area contributed by atoms with Crippen LogP contribution in [0.4, 0.5) is 0 Å². The van der Waals surface area contributed by atoms with E-state index in [2.05, 4.69) is 28.2 Å². The minimum atomic E-state index is 1.10. The molecule has 0 spiro atoms. The Labute approximate surface area is 99.7 Å². The van der Waals surface area contributed by atoms with E-state index in [1.165, 1.54) is 53.2 Å². The zero-order chi connectivity index (χ0) is 11.2. The number of nitrogens with zero attached hydrogens (tertiary/aromatic N) is 1. The average Bonchev–Trinajstić information content (AvgIpc) is 2.77. The van der Waals surface area contributed by atoms with E-state index in [9.17, 15) is 0 Å². The first-order valence-corrected chi connectivity index (χ1v) is 6.30. The molecule has 0 radical (unpaired) electrons. The quantitative estimate of drug-likeness (QED) is 0.618. The van der Waals surface area contributed by atoms with Crippen LogP contribution < -0.4 is 0 Å². The van der Waals surface area contributed by atoms with E-state index < -0.39 is 0 Å². The molecule has 1 N–H and O–H groups in total. The lowest BCUT2D eigenvalue weighted by Crippen LogP contribution is -2.00. The van der Waals surface area contributed by atoms with Crippen molar-refractivity contribution in [3.8, 4) is 0 Å². The van der Waals surface area contributed by atoms with Crippen molar-refractivity contribution in [2.24, 2.45) is 0 Å². The Morgan fingerprint density at radius 3 is 3.00 bits per heavy atom. The second-order valence-corrected chi connectivity index (χ2v) is 4.85. The minimum absolute atomic E-state index is 1.10. The van der Waals surface area contributed by atoms with Crippen LogP contribution >= 0.6 is 0 Å². The lowest BCUT2D eigenvalue weighted by molar-refractivity contribution is 0.680. The molecule has 0 saturated carbocycles. The van der Waals surface area contributed by atoms with Crippen molar-refractivity contribution in [3.05, 3.63) is 41.7 Å². The van der Waals surface area contributed by atoms with Gasteiger partial charge in [-0.25, -0.2) is 0 Å². The second-order valence-electron chi connectivity index (χ2n) is 4.85. The highest BCUT2D eigenvalue weighted by atomic mass is 14.7. The molecule has 0 saturated heterocycles. The molecule has 0 aliphatic heterocycles. The van der Waals surface area contributed by atoms with Gasteiger partial charge in [0.05, 0.1) is 5.52 Å². The lowest BCUT2D eigenvalue weighted by Gasteiger charge is -2.11. The number of aromatic amines is 1. The maximum absolute atomic E-state index is 4.45. The number of nitrogens with one attached hydrogen (secondary N) is 1. The first-order valence-electron chi connectivity index (χ1n) is 6.30. The predicted molar refractivity (Wildman–Crippen MR) is 70.2 cm³/mol. The number of hydrogen-bond acceptors (Lipinski definition) is 1. The minimum Gasteiger partial charge on any atom is -0.358 e. The third-order valence-electron chi connectivity index (χ3n) is 3.84. The number of pyridine rings is 1. The highest BCUT2D eigenvalue weighted by Gasteiger charge is 2.16. The van der Waals surface area contributed by atoms with Gasteiger partial charge in [-0.1, -0.05) is 6.07 Å². The van der Waals surface area contributed by atoms with Crippen LogP contribution in [0, 0.1) is 0 Å². The zero-order valence-electron chi connectivity index (χ0n) is 9.66. The number of aryl methyl sites for hydroxylation is 2. The van der Waals surface area contributed by atoms with E-state index in [1.54, 1.807) is 0 Å². The fourth-order valence-electron chi connectivity index (χ4n) is 3.06. The van der Waals surface area contributed by atoms with Crippen molar-refractivity contribution in [1.29, 1.82) is 0 Å². The van der Waals surface area contributed by atoms with Gasteiger partial charge in [-0.15, -0.1) is 0 Å². The summed E-state index contributed by atoms with van der Waals surface area (Å²) >= 11 is 0. The maximum Gasteiger partial charge on any atom is 0.0709 e. The Bertz CT molecular complexity index is 709. The van der Waals surface area contributed by atoms with Crippen LogP contribution in [0.1, 0.15) is 24.1 Å². The predicted octanol–water partition coefficient (Wildman–Crippen LogP) is 3.59. The van der Waals surface area contributed by atoms with E-state index in [1.807, 2.05) is 12.3 Å². The van der Waals surface area contributed by atoms with E-state index in [0.29, 0.717) is 0 Å². The molecule has 1 aliphatic carbocycles. The largest absolute Gasteiger partial charge is 0.358 e. The molecule has 4 rings (SSSR count). The van der Waals surface area contributed by atoms with Gasteiger partial charge in [-0.2, -0.15) is 0 Å². The summed E-state index contributed by atoms with van der Waals surface area (Å²) in [5.41, 5.74) is 5.36. The molecule has 0 fully saturated rings. The normalized spacial score (nSPS) is 15.3. The molecule has 2 heterocycles. The van der Waals surface area contributed by atoms with Crippen LogP contribution in [0.3, 0.4) is 0 Å². The fraction of sp³-hybridized carbons (Fsp3) is 0.267. The molecule has 2 nitrogen and oxygen atoms in total. The Kier molecular flexibility index (Phi) is 1.81. The lowest BCUT2D eigenvalue weighted by atomic mass is 9.94. The van der Waals surface area contributed by atoms with Crippen molar-refractivity contribution >= 4 is 21.8 Å². The number of benzene rings is 1. The summed E-state index contributed by atoms with van der Waals surface area (Å²) < 4.78 is 0. The van der Waals surface area contributed by atoms with Crippen molar-refractivity contribution in [2.45, 2.75) is 25.7 Å². The molecular weight excluding hydrogens is 208 g/mol. The highest BCUT2D eigenvalue weighted by Crippen LogP contribution is 2.33. The third-order valence-corrected chi connectivity index (χ3v) is 3.84. The van der Waals surface area contributed by atoms with Gasteiger partial charge in [0.2, 0.25) is 0 Å². The van der Waals surface area contributed by atoms with Crippen LogP contribution in [0.2, 0.25) is 0 Å². The SMILES string of the molecule is c1cnc2ccc3[nH]c4c(c3c2c1)CCCC4. The second kappa shape index (κ2) is 3.33. The molecule has 0 amide bonds. The summed E-state index contributed by atoms with van der Waals surface area (Å²) in [6.07, 6.45) is 6.91. The highest BCUT2D eigenvalue weighted by molar-refractivity contribution is 6.07. The third kappa shape index (κ3) is 1.24. The van der Waals surface area contributed by atoms with Crippen LogP contribution in [0.25, 0.3) is 21.8 Å². The summed E-state index contributed by atoms with van der Waals surface area (Å²) in [6.45, 7) is 0. The fourth-order valence-corrected chi connectivity index (χ4v) is 3.06. The van der Waals surface area contributed by atoms with E-state index in [0.717, 1.165) is 5.52 Å². The Morgan fingerprint density at radius 1 is 1.06 bits per heavy atom. The van der Waals surface area contributed by atoms with Crippen LogP contribution in [-0.2, 0) is 12.8 Å². The van der Waals surface area contributed by atoms with Crippen LogP contribution in [0.5, 0.6) is 0 Å². The molecule has 3 aromatic rings. The van der Waals surface area contributed by atoms with Gasteiger partial charge in [0.25, 0.3) is 0 Å². The molecule has 0 atom stereocenters. The van der Waals surface area contributed by atoms with E-state index >= 15 is 0 Å². The number of rotatable bonds is 0. The first kappa shape index (κ1) is 9.23. The van der Waals surface area contributed by atoms with E-state index in [4.69, 9.17) is 0 Å². The zero-order valence-corrected chi connectivity index (χ0v) is 9.66. The van der Waals surface area contributed by atoms with Gasteiger partial charge in [0.15, 0.2) is 0 Å². The first-order chi connectivity index (χ1) is 8.43. The van der Waals surface area contributed by atoms with Crippen molar-refractivity contribution in [3.63, 3.8) is 0 Å². The van der Waals surface area contributed by atoms with Gasteiger partial charge < -0.3 is 4.98 Å². The monoisotopic (exact) mass is 222 g/mol. The maximum atomic E-state index is 4.45.